The summed E-state index contributed by atoms with van der Waals surface area (Å²) in [5.74, 6) is 0.926. The molecule has 2 heterocycles. The zero-order valence-electron chi connectivity index (χ0n) is 8.90. The van der Waals surface area contributed by atoms with Gasteiger partial charge in [0, 0.05) is 5.69 Å². The van der Waals surface area contributed by atoms with Gasteiger partial charge in [-0.2, -0.15) is 0 Å². The second-order valence-corrected chi connectivity index (χ2v) is 3.57. The van der Waals surface area contributed by atoms with Crippen molar-refractivity contribution >= 4 is 5.69 Å². The lowest BCUT2D eigenvalue weighted by molar-refractivity contribution is 0.490. The first-order valence-electron chi connectivity index (χ1n) is 4.98. The van der Waals surface area contributed by atoms with Crippen LogP contribution >= 0.6 is 0 Å². The molecule has 1 N–H and O–H groups in total. The molecular formula is C12H14N2O. The SMILES string of the molecule is Cc1ccc(NC(C)c2ccco2)cn1. The number of aryl methyl sites for hydroxylation is 1. The minimum atomic E-state index is 0.157. The second kappa shape index (κ2) is 4.17. The van der Waals surface area contributed by atoms with Crippen LogP contribution in [-0.4, -0.2) is 4.98 Å². The summed E-state index contributed by atoms with van der Waals surface area (Å²) in [4.78, 5) is 4.22. The Morgan fingerprint density at radius 1 is 1.33 bits per heavy atom. The van der Waals surface area contributed by atoms with E-state index >= 15 is 0 Å². The van der Waals surface area contributed by atoms with Crippen LogP contribution < -0.4 is 5.32 Å². The van der Waals surface area contributed by atoms with E-state index in [0.717, 1.165) is 17.1 Å². The third-order valence-electron chi connectivity index (χ3n) is 2.26. The summed E-state index contributed by atoms with van der Waals surface area (Å²) in [7, 11) is 0. The fourth-order valence-electron chi connectivity index (χ4n) is 1.41. The Balaban J connectivity index is 2.06. The predicted octanol–water partition coefficient (Wildman–Crippen LogP) is 3.16. The van der Waals surface area contributed by atoms with Crippen LogP contribution in [0, 0.1) is 6.92 Å². The van der Waals surface area contributed by atoms with Crippen LogP contribution in [0.3, 0.4) is 0 Å². The zero-order chi connectivity index (χ0) is 10.7. The fourth-order valence-corrected chi connectivity index (χ4v) is 1.41. The van der Waals surface area contributed by atoms with Crippen LogP contribution in [0.4, 0.5) is 5.69 Å². The largest absolute Gasteiger partial charge is 0.467 e. The molecule has 0 spiro atoms. The fraction of sp³-hybridized carbons (Fsp3) is 0.250. The first-order valence-corrected chi connectivity index (χ1v) is 4.98. The van der Waals surface area contributed by atoms with Gasteiger partial charge in [-0.05, 0) is 38.1 Å². The van der Waals surface area contributed by atoms with Gasteiger partial charge in [-0.1, -0.05) is 0 Å². The van der Waals surface area contributed by atoms with Crippen molar-refractivity contribution in [2.75, 3.05) is 5.32 Å². The minimum absolute atomic E-state index is 0.157. The summed E-state index contributed by atoms with van der Waals surface area (Å²) >= 11 is 0. The van der Waals surface area contributed by atoms with Crippen molar-refractivity contribution in [2.24, 2.45) is 0 Å². The molecule has 0 aliphatic rings. The molecule has 1 atom stereocenters. The third-order valence-corrected chi connectivity index (χ3v) is 2.26. The van der Waals surface area contributed by atoms with Gasteiger partial charge in [0.15, 0.2) is 0 Å². The third kappa shape index (κ3) is 2.37. The normalized spacial score (nSPS) is 12.4. The van der Waals surface area contributed by atoms with Crippen LogP contribution in [0.15, 0.2) is 41.1 Å². The summed E-state index contributed by atoms with van der Waals surface area (Å²) in [5.41, 5.74) is 2.02. The quantitative estimate of drug-likeness (QED) is 0.830. The molecule has 0 aliphatic carbocycles. The number of anilines is 1. The second-order valence-electron chi connectivity index (χ2n) is 3.57. The van der Waals surface area contributed by atoms with Crippen LogP contribution in [0.2, 0.25) is 0 Å². The Labute approximate surface area is 89.1 Å². The number of aromatic nitrogens is 1. The molecule has 2 aromatic heterocycles. The molecule has 0 saturated heterocycles. The van der Waals surface area contributed by atoms with Crippen molar-refractivity contribution in [3.63, 3.8) is 0 Å². The molecule has 0 aromatic carbocycles. The Hall–Kier alpha value is -1.77. The molecule has 0 amide bonds. The maximum atomic E-state index is 5.31. The van der Waals surface area contributed by atoms with Crippen molar-refractivity contribution in [3.8, 4) is 0 Å². The average molecular weight is 202 g/mol. The molecule has 0 fully saturated rings. The Morgan fingerprint density at radius 2 is 2.20 bits per heavy atom. The molecule has 78 valence electrons. The van der Waals surface area contributed by atoms with Crippen LogP contribution in [0.1, 0.15) is 24.4 Å². The Morgan fingerprint density at radius 3 is 2.80 bits per heavy atom. The summed E-state index contributed by atoms with van der Waals surface area (Å²) in [5, 5.41) is 3.32. The number of pyridine rings is 1. The Kier molecular flexibility index (Phi) is 2.72. The highest BCUT2D eigenvalue weighted by Crippen LogP contribution is 2.18. The van der Waals surface area contributed by atoms with Gasteiger partial charge in [0.1, 0.15) is 5.76 Å². The van der Waals surface area contributed by atoms with Gasteiger partial charge in [0.05, 0.1) is 24.2 Å². The number of nitrogens with one attached hydrogen (secondary N) is 1. The van der Waals surface area contributed by atoms with Gasteiger partial charge in [-0.3, -0.25) is 4.98 Å². The molecule has 2 aromatic rings. The summed E-state index contributed by atoms with van der Waals surface area (Å²) in [6.07, 6.45) is 3.51. The molecule has 0 saturated carbocycles. The van der Waals surface area contributed by atoms with E-state index in [1.54, 1.807) is 6.26 Å². The number of hydrogen-bond donors (Lipinski definition) is 1. The molecule has 1 unspecified atom stereocenters. The number of rotatable bonds is 3. The summed E-state index contributed by atoms with van der Waals surface area (Å²) in [6, 6.07) is 8.00. The lowest BCUT2D eigenvalue weighted by atomic mass is 10.2. The van der Waals surface area contributed by atoms with E-state index in [1.807, 2.05) is 37.4 Å². The van der Waals surface area contributed by atoms with Gasteiger partial charge >= 0.3 is 0 Å². The monoisotopic (exact) mass is 202 g/mol. The molecule has 0 aliphatic heterocycles. The lowest BCUT2D eigenvalue weighted by Gasteiger charge is -2.12. The van der Waals surface area contributed by atoms with Crippen molar-refractivity contribution in [3.05, 3.63) is 48.2 Å². The highest BCUT2D eigenvalue weighted by atomic mass is 16.3. The van der Waals surface area contributed by atoms with E-state index in [2.05, 4.69) is 17.2 Å². The first-order chi connectivity index (χ1) is 7.25. The first kappa shape index (κ1) is 9.77. The highest BCUT2D eigenvalue weighted by Gasteiger charge is 2.07. The van der Waals surface area contributed by atoms with Crippen LogP contribution in [0.5, 0.6) is 0 Å². The summed E-state index contributed by atoms with van der Waals surface area (Å²) in [6.45, 7) is 4.03. The lowest BCUT2D eigenvalue weighted by Crippen LogP contribution is -2.05. The molecule has 0 bridgehead atoms. The number of nitrogens with zero attached hydrogens (tertiary/aromatic N) is 1. The van der Waals surface area contributed by atoms with E-state index < -0.39 is 0 Å². The Bertz CT molecular complexity index is 406. The molecule has 3 nitrogen and oxygen atoms in total. The van der Waals surface area contributed by atoms with Crippen molar-refractivity contribution in [1.82, 2.24) is 4.98 Å². The van der Waals surface area contributed by atoms with E-state index in [0.29, 0.717) is 0 Å². The summed E-state index contributed by atoms with van der Waals surface area (Å²) < 4.78 is 5.31. The average Bonchev–Trinajstić information content (AvgIpc) is 2.74. The smallest absolute Gasteiger partial charge is 0.125 e. The highest BCUT2D eigenvalue weighted by molar-refractivity contribution is 5.42. The number of hydrogen-bond acceptors (Lipinski definition) is 3. The van der Waals surface area contributed by atoms with Crippen molar-refractivity contribution < 1.29 is 4.42 Å². The molecule has 0 radical (unpaired) electrons. The zero-order valence-corrected chi connectivity index (χ0v) is 8.90. The minimum Gasteiger partial charge on any atom is -0.467 e. The predicted molar refractivity (Wildman–Crippen MR) is 59.7 cm³/mol. The van der Waals surface area contributed by atoms with Crippen molar-refractivity contribution in [1.29, 1.82) is 0 Å². The molecule has 3 heteroatoms. The van der Waals surface area contributed by atoms with E-state index in [-0.39, 0.29) is 6.04 Å². The van der Waals surface area contributed by atoms with Crippen molar-refractivity contribution in [2.45, 2.75) is 19.9 Å². The van der Waals surface area contributed by atoms with Gasteiger partial charge < -0.3 is 9.73 Å². The van der Waals surface area contributed by atoms with E-state index in [9.17, 15) is 0 Å². The standard InChI is InChI=1S/C12H14N2O/c1-9-5-6-11(8-13-9)14-10(2)12-4-3-7-15-12/h3-8,10,14H,1-2H3. The number of furan rings is 1. The molecule has 15 heavy (non-hydrogen) atoms. The van der Waals surface area contributed by atoms with Crippen LogP contribution in [-0.2, 0) is 0 Å². The van der Waals surface area contributed by atoms with Gasteiger partial charge in [0.2, 0.25) is 0 Å². The maximum Gasteiger partial charge on any atom is 0.125 e. The maximum absolute atomic E-state index is 5.31. The van der Waals surface area contributed by atoms with Gasteiger partial charge in [0.25, 0.3) is 0 Å². The van der Waals surface area contributed by atoms with Gasteiger partial charge in [-0.15, -0.1) is 0 Å². The molecular weight excluding hydrogens is 188 g/mol. The van der Waals surface area contributed by atoms with E-state index in [1.165, 1.54) is 0 Å². The topological polar surface area (TPSA) is 38.1 Å². The van der Waals surface area contributed by atoms with Gasteiger partial charge in [-0.25, -0.2) is 0 Å². The van der Waals surface area contributed by atoms with Crippen LogP contribution in [0.25, 0.3) is 0 Å². The molecule has 2 rings (SSSR count). The van der Waals surface area contributed by atoms with E-state index in [4.69, 9.17) is 4.42 Å².